The SMILES string of the molecule is CC1(C)CCCN(c2cnc(CNC(C)(C)C)cn2)C1. The summed E-state index contributed by atoms with van der Waals surface area (Å²) in [7, 11) is 0. The Morgan fingerprint density at radius 2 is 2.00 bits per heavy atom. The summed E-state index contributed by atoms with van der Waals surface area (Å²) < 4.78 is 0. The lowest BCUT2D eigenvalue weighted by Crippen LogP contribution is -2.40. The molecule has 0 saturated carbocycles. The van der Waals surface area contributed by atoms with Crippen molar-refractivity contribution in [3.63, 3.8) is 0 Å². The Morgan fingerprint density at radius 1 is 1.25 bits per heavy atom. The van der Waals surface area contributed by atoms with Gasteiger partial charge >= 0.3 is 0 Å². The fraction of sp³-hybridized carbons (Fsp3) is 0.750. The van der Waals surface area contributed by atoms with Crippen LogP contribution in [0.1, 0.15) is 53.2 Å². The molecule has 1 aliphatic rings. The highest BCUT2D eigenvalue weighted by molar-refractivity contribution is 5.36. The topological polar surface area (TPSA) is 41.1 Å². The summed E-state index contributed by atoms with van der Waals surface area (Å²) in [4.78, 5) is 11.5. The summed E-state index contributed by atoms with van der Waals surface area (Å²) in [5, 5.41) is 3.43. The number of rotatable bonds is 3. The van der Waals surface area contributed by atoms with Crippen LogP contribution in [-0.2, 0) is 6.54 Å². The van der Waals surface area contributed by atoms with Crippen molar-refractivity contribution in [2.24, 2.45) is 5.41 Å². The van der Waals surface area contributed by atoms with Gasteiger partial charge in [0.15, 0.2) is 0 Å². The number of piperidine rings is 1. The second-order valence-electron chi connectivity index (χ2n) is 7.66. The van der Waals surface area contributed by atoms with E-state index in [1.807, 2.05) is 12.4 Å². The minimum Gasteiger partial charge on any atom is -0.355 e. The van der Waals surface area contributed by atoms with Crippen LogP contribution < -0.4 is 10.2 Å². The van der Waals surface area contributed by atoms with Gasteiger partial charge in [0, 0.05) is 25.2 Å². The zero-order valence-corrected chi connectivity index (χ0v) is 13.5. The first-order valence-corrected chi connectivity index (χ1v) is 7.56. The zero-order chi connectivity index (χ0) is 14.8. The standard InChI is InChI=1S/C16H28N4/c1-15(2,3)19-10-13-9-18-14(11-17-13)20-8-6-7-16(4,5)12-20/h9,11,19H,6-8,10,12H2,1-5H3. The molecule has 0 amide bonds. The predicted octanol–water partition coefficient (Wildman–Crippen LogP) is 2.99. The molecule has 1 aromatic rings. The molecule has 20 heavy (non-hydrogen) atoms. The van der Waals surface area contributed by atoms with E-state index >= 15 is 0 Å². The van der Waals surface area contributed by atoms with E-state index in [1.54, 1.807) is 0 Å². The lowest BCUT2D eigenvalue weighted by Gasteiger charge is -2.38. The summed E-state index contributed by atoms with van der Waals surface area (Å²) in [5.41, 5.74) is 1.49. The average molecular weight is 276 g/mol. The van der Waals surface area contributed by atoms with Gasteiger partial charge in [0.1, 0.15) is 5.82 Å². The molecule has 1 aromatic heterocycles. The van der Waals surface area contributed by atoms with Gasteiger partial charge in [0.05, 0.1) is 18.1 Å². The van der Waals surface area contributed by atoms with Crippen molar-refractivity contribution in [3.8, 4) is 0 Å². The molecule has 2 heterocycles. The first kappa shape index (κ1) is 15.2. The molecule has 0 bridgehead atoms. The molecule has 0 aromatic carbocycles. The number of hydrogen-bond donors (Lipinski definition) is 1. The van der Waals surface area contributed by atoms with Crippen LogP contribution in [0, 0.1) is 5.41 Å². The van der Waals surface area contributed by atoms with Crippen LogP contribution in [0.25, 0.3) is 0 Å². The smallest absolute Gasteiger partial charge is 0.147 e. The molecule has 0 aliphatic carbocycles. The first-order chi connectivity index (χ1) is 9.25. The molecule has 4 heteroatoms. The molecule has 1 N–H and O–H groups in total. The van der Waals surface area contributed by atoms with Gasteiger partial charge in [-0.15, -0.1) is 0 Å². The molecule has 2 rings (SSSR count). The minimum atomic E-state index is 0.108. The van der Waals surface area contributed by atoms with E-state index in [1.165, 1.54) is 12.8 Å². The number of nitrogens with zero attached hydrogens (tertiary/aromatic N) is 3. The van der Waals surface area contributed by atoms with Gasteiger partial charge in [0.25, 0.3) is 0 Å². The molecule has 1 aliphatic heterocycles. The zero-order valence-electron chi connectivity index (χ0n) is 13.5. The van der Waals surface area contributed by atoms with E-state index in [0.29, 0.717) is 5.41 Å². The molecule has 112 valence electrons. The highest BCUT2D eigenvalue weighted by Crippen LogP contribution is 2.30. The van der Waals surface area contributed by atoms with Crippen LogP contribution >= 0.6 is 0 Å². The lowest BCUT2D eigenvalue weighted by molar-refractivity contribution is 0.292. The van der Waals surface area contributed by atoms with Gasteiger partial charge < -0.3 is 10.2 Å². The van der Waals surface area contributed by atoms with Gasteiger partial charge in [-0.2, -0.15) is 0 Å². The van der Waals surface area contributed by atoms with Gasteiger partial charge in [-0.1, -0.05) is 13.8 Å². The Kier molecular flexibility index (Phi) is 4.33. The van der Waals surface area contributed by atoms with Crippen LogP contribution in [0.15, 0.2) is 12.4 Å². The van der Waals surface area contributed by atoms with Crippen LogP contribution in [0.5, 0.6) is 0 Å². The molecule has 0 atom stereocenters. The third-order valence-corrected chi connectivity index (χ3v) is 3.72. The van der Waals surface area contributed by atoms with E-state index in [9.17, 15) is 0 Å². The van der Waals surface area contributed by atoms with Gasteiger partial charge in [-0.3, -0.25) is 4.98 Å². The number of hydrogen-bond acceptors (Lipinski definition) is 4. The monoisotopic (exact) mass is 276 g/mol. The first-order valence-electron chi connectivity index (χ1n) is 7.56. The van der Waals surface area contributed by atoms with E-state index in [-0.39, 0.29) is 5.54 Å². The molecule has 1 saturated heterocycles. The molecular weight excluding hydrogens is 248 g/mol. The highest BCUT2D eigenvalue weighted by atomic mass is 15.2. The van der Waals surface area contributed by atoms with Crippen LogP contribution in [0.4, 0.5) is 5.82 Å². The Labute approximate surface area is 123 Å². The van der Waals surface area contributed by atoms with Crippen LogP contribution in [0.2, 0.25) is 0 Å². The van der Waals surface area contributed by atoms with E-state index in [0.717, 1.165) is 31.1 Å². The molecule has 1 fully saturated rings. The normalized spacial score (nSPS) is 19.1. The second-order valence-corrected chi connectivity index (χ2v) is 7.66. The van der Waals surface area contributed by atoms with E-state index < -0.39 is 0 Å². The van der Waals surface area contributed by atoms with Crippen molar-refractivity contribution in [1.29, 1.82) is 0 Å². The highest BCUT2D eigenvalue weighted by Gasteiger charge is 2.27. The summed E-state index contributed by atoms with van der Waals surface area (Å²) in [6.45, 7) is 14.1. The van der Waals surface area contributed by atoms with Crippen molar-refractivity contribution in [2.45, 2.75) is 59.5 Å². The predicted molar refractivity (Wildman–Crippen MR) is 83.9 cm³/mol. The maximum Gasteiger partial charge on any atom is 0.147 e. The fourth-order valence-corrected chi connectivity index (χ4v) is 2.58. The maximum absolute atomic E-state index is 4.59. The number of anilines is 1. The summed E-state index contributed by atoms with van der Waals surface area (Å²) in [5.74, 6) is 1.01. The van der Waals surface area contributed by atoms with Crippen molar-refractivity contribution in [2.75, 3.05) is 18.0 Å². The largest absolute Gasteiger partial charge is 0.355 e. The van der Waals surface area contributed by atoms with Crippen molar-refractivity contribution < 1.29 is 0 Å². The summed E-state index contributed by atoms with van der Waals surface area (Å²) >= 11 is 0. The third-order valence-electron chi connectivity index (χ3n) is 3.72. The molecule has 0 unspecified atom stereocenters. The summed E-state index contributed by atoms with van der Waals surface area (Å²) in [6, 6.07) is 0. The maximum atomic E-state index is 4.59. The van der Waals surface area contributed by atoms with E-state index in [4.69, 9.17) is 0 Å². The number of nitrogens with one attached hydrogen (secondary N) is 1. The lowest BCUT2D eigenvalue weighted by atomic mass is 9.84. The Hall–Kier alpha value is -1.16. The van der Waals surface area contributed by atoms with Crippen LogP contribution in [0.3, 0.4) is 0 Å². The Morgan fingerprint density at radius 3 is 2.55 bits per heavy atom. The number of aromatic nitrogens is 2. The second kappa shape index (κ2) is 5.68. The Balaban J connectivity index is 1.97. The molecule has 0 radical (unpaired) electrons. The summed E-state index contributed by atoms with van der Waals surface area (Å²) in [6.07, 6.45) is 6.35. The van der Waals surface area contributed by atoms with Crippen molar-refractivity contribution >= 4 is 5.82 Å². The van der Waals surface area contributed by atoms with Crippen molar-refractivity contribution in [3.05, 3.63) is 18.1 Å². The molecule has 4 nitrogen and oxygen atoms in total. The quantitative estimate of drug-likeness (QED) is 0.921. The Bertz CT molecular complexity index is 431. The molecular formula is C16H28N4. The average Bonchev–Trinajstić information content (AvgIpc) is 2.35. The third kappa shape index (κ3) is 4.44. The minimum absolute atomic E-state index is 0.108. The fourth-order valence-electron chi connectivity index (χ4n) is 2.58. The van der Waals surface area contributed by atoms with Gasteiger partial charge in [-0.25, -0.2) is 4.98 Å². The van der Waals surface area contributed by atoms with Crippen LogP contribution in [-0.4, -0.2) is 28.6 Å². The van der Waals surface area contributed by atoms with Crippen molar-refractivity contribution in [1.82, 2.24) is 15.3 Å². The van der Waals surface area contributed by atoms with E-state index in [2.05, 4.69) is 54.8 Å². The molecule has 0 spiro atoms. The van der Waals surface area contributed by atoms with Gasteiger partial charge in [-0.05, 0) is 39.0 Å². The van der Waals surface area contributed by atoms with Gasteiger partial charge in [0.2, 0.25) is 0 Å².